The van der Waals surface area contributed by atoms with Gasteiger partial charge in [-0.2, -0.15) is 13.2 Å². The number of pyridine rings is 1. The summed E-state index contributed by atoms with van der Waals surface area (Å²) in [6, 6.07) is 12.4. The van der Waals surface area contributed by atoms with Gasteiger partial charge < -0.3 is 24.9 Å². The lowest BCUT2D eigenvalue weighted by Crippen LogP contribution is -2.43. The first-order valence-electron chi connectivity index (χ1n) is 10.0. The maximum absolute atomic E-state index is 12.1. The molecular formula is C21H24F3N5O3. The number of nitrogens with one attached hydrogen (secondary N) is 2. The summed E-state index contributed by atoms with van der Waals surface area (Å²) in [6.45, 7) is 2.55. The first-order valence-corrected chi connectivity index (χ1v) is 10.0. The van der Waals surface area contributed by atoms with Crippen LogP contribution >= 0.6 is 0 Å². The van der Waals surface area contributed by atoms with E-state index < -0.39 is 12.1 Å². The molecule has 3 heterocycles. The molecule has 1 fully saturated rings. The smallest absolute Gasteiger partial charge is 0.475 e. The first kappa shape index (κ1) is 23.3. The van der Waals surface area contributed by atoms with Crippen LogP contribution in [0.1, 0.15) is 18.4 Å². The number of nitrogens with zero attached hydrogens (tertiary/aromatic N) is 3. The predicted octanol–water partition coefficient (Wildman–Crippen LogP) is 2.65. The Morgan fingerprint density at radius 3 is 2.50 bits per heavy atom. The van der Waals surface area contributed by atoms with Gasteiger partial charge in [0.1, 0.15) is 0 Å². The van der Waals surface area contributed by atoms with Crippen LogP contribution in [0, 0.1) is 0 Å². The van der Waals surface area contributed by atoms with Gasteiger partial charge in [0.2, 0.25) is 5.95 Å². The lowest BCUT2D eigenvalue weighted by molar-refractivity contribution is -0.192. The number of rotatable bonds is 4. The maximum atomic E-state index is 12.1. The third kappa shape index (κ3) is 5.88. The van der Waals surface area contributed by atoms with E-state index in [9.17, 15) is 18.0 Å². The van der Waals surface area contributed by atoms with Crippen LogP contribution in [0.4, 0.5) is 19.1 Å². The Balaban J connectivity index is 0.000000360. The van der Waals surface area contributed by atoms with E-state index in [0.717, 1.165) is 48.5 Å². The number of carbonyl (C=O) groups is 1. The molecule has 32 heavy (non-hydrogen) atoms. The average molecular weight is 451 g/mol. The zero-order chi connectivity index (χ0) is 23.3. The van der Waals surface area contributed by atoms with Gasteiger partial charge in [-0.3, -0.25) is 4.79 Å². The van der Waals surface area contributed by atoms with Crippen molar-refractivity contribution in [2.45, 2.75) is 31.6 Å². The molecule has 172 valence electrons. The molecule has 0 unspecified atom stereocenters. The summed E-state index contributed by atoms with van der Waals surface area (Å²) in [6.07, 6.45) is -1.20. The molecule has 0 atom stereocenters. The Morgan fingerprint density at radius 2 is 1.88 bits per heavy atom. The number of carboxylic acid groups (broad SMARTS) is 1. The predicted molar refractivity (Wildman–Crippen MR) is 114 cm³/mol. The minimum absolute atomic E-state index is 0.0784. The highest BCUT2D eigenvalue weighted by Gasteiger charge is 2.38. The van der Waals surface area contributed by atoms with Gasteiger partial charge in [-0.1, -0.05) is 18.2 Å². The van der Waals surface area contributed by atoms with Crippen LogP contribution in [0.2, 0.25) is 0 Å². The number of aryl methyl sites for hydroxylation is 1. The van der Waals surface area contributed by atoms with Crippen molar-refractivity contribution >= 4 is 23.0 Å². The highest BCUT2D eigenvalue weighted by Crippen LogP contribution is 2.21. The highest BCUT2D eigenvalue weighted by molar-refractivity contribution is 5.77. The summed E-state index contributed by atoms with van der Waals surface area (Å²) >= 11 is 0. The van der Waals surface area contributed by atoms with E-state index >= 15 is 0 Å². The first-order chi connectivity index (χ1) is 15.1. The zero-order valence-corrected chi connectivity index (χ0v) is 17.4. The number of aromatic amines is 1. The van der Waals surface area contributed by atoms with Gasteiger partial charge in [0, 0.05) is 44.5 Å². The number of alkyl halides is 3. The number of para-hydroxylation sites is 2. The van der Waals surface area contributed by atoms with Gasteiger partial charge in [-0.25, -0.2) is 9.78 Å². The minimum Gasteiger partial charge on any atom is -0.475 e. The molecule has 0 radical (unpaired) electrons. The molecule has 1 aliphatic heterocycles. The molecule has 0 spiro atoms. The fourth-order valence-corrected chi connectivity index (χ4v) is 3.43. The number of piperidine rings is 1. The van der Waals surface area contributed by atoms with Gasteiger partial charge >= 0.3 is 12.1 Å². The molecular weight excluding hydrogens is 427 g/mol. The van der Waals surface area contributed by atoms with Crippen molar-refractivity contribution in [3.05, 3.63) is 58.5 Å². The molecule has 11 heteroatoms. The summed E-state index contributed by atoms with van der Waals surface area (Å²) in [4.78, 5) is 31.4. The van der Waals surface area contributed by atoms with Gasteiger partial charge in [0.15, 0.2) is 0 Å². The fourth-order valence-electron chi connectivity index (χ4n) is 3.43. The number of carboxylic acids is 1. The Labute approximate surface area is 181 Å². The molecule has 0 aliphatic carbocycles. The van der Waals surface area contributed by atoms with Crippen LogP contribution in [0.25, 0.3) is 11.0 Å². The lowest BCUT2D eigenvalue weighted by atomic mass is 10.1. The quantitative estimate of drug-likeness (QED) is 0.564. The van der Waals surface area contributed by atoms with E-state index in [1.165, 1.54) is 0 Å². The largest absolute Gasteiger partial charge is 0.490 e. The maximum Gasteiger partial charge on any atom is 0.490 e. The molecule has 0 saturated carbocycles. The van der Waals surface area contributed by atoms with Crippen LogP contribution in [-0.4, -0.2) is 50.9 Å². The summed E-state index contributed by atoms with van der Waals surface area (Å²) in [5, 5.41) is 10.7. The molecule has 1 saturated heterocycles. The van der Waals surface area contributed by atoms with Crippen molar-refractivity contribution in [2.75, 3.05) is 18.0 Å². The Kier molecular flexibility index (Phi) is 7.18. The molecule has 3 aromatic rings. The van der Waals surface area contributed by atoms with Crippen molar-refractivity contribution in [2.24, 2.45) is 7.05 Å². The van der Waals surface area contributed by atoms with Gasteiger partial charge in [0.25, 0.3) is 5.56 Å². The van der Waals surface area contributed by atoms with E-state index in [1.807, 2.05) is 30.3 Å². The highest BCUT2D eigenvalue weighted by atomic mass is 19.4. The van der Waals surface area contributed by atoms with E-state index in [2.05, 4.69) is 26.3 Å². The van der Waals surface area contributed by atoms with Crippen molar-refractivity contribution in [1.29, 1.82) is 0 Å². The Morgan fingerprint density at radius 1 is 1.22 bits per heavy atom. The normalized spacial score (nSPS) is 14.8. The fraction of sp³-hybridized carbons (Fsp3) is 0.381. The van der Waals surface area contributed by atoms with Gasteiger partial charge in [-0.15, -0.1) is 0 Å². The summed E-state index contributed by atoms with van der Waals surface area (Å²) in [5.74, 6) is -1.80. The summed E-state index contributed by atoms with van der Waals surface area (Å²) < 4.78 is 33.4. The second kappa shape index (κ2) is 9.86. The number of aromatic nitrogens is 3. The molecule has 0 amide bonds. The topological polar surface area (TPSA) is 103 Å². The number of aliphatic carboxylic acids is 1. The Bertz CT molecular complexity index is 1080. The van der Waals surface area contributed by atoms with Gasteiger partial charge in [0.05, 0.1) is 11.0 Å². The van der Waals surface area contributed by atoms with Crippen LogP contribution in [0.15, 0.2) is 47.4 Å². The SMILES string of the molecule is Cn1cccc(CNC2CCN(c3nc4ccccc4[nH]3)CC2)c1=O.O=C(O)C(F)(F)F. The molecule has 2 aromatic heterocycles. The van der Waals surface area contributed by atoms with E-state index in [4.69, 9.17) is 9.90 Å². The van der Waals surface area contributed by atoms with Crippen molar-refractivity contribution in [3.8, 4) is 0 Å². The summed E-state index contributed by atoms with van der Waals surface area (Å²) in [7, 11) is 1.79. The third-order valence-corrected chi connectivity index (χ3v) is 5.20. The number of fused-ring (bicyclic) bond motifs is 1. The van der Waals surface area contributed by atoms with Crippen LogP contribution in [-0.2, 0) is 18.4 Å². The molecule has 3 N–H and O–H groups in total. The zero-order valence-electron chi connectivity index (χ0n) is 17.4. The number of imidazole rings is 1. The van der Waals surface area contributed by atoms with E-state index in [1.54, 1.807) is 17.8 Å². The van der Waals surface area contributed by atoms with Crippen molar-refractivity contribution < 1.29 is 23.1 Å². The van der Waals surface area contributed by atoms with Gasteiger partial charge in [-0.05, 0) is 31.0 Å². The standard InChI is InChI=1S/C19H23N5O.C2HF3O2/c1-23-10-4-5-14(18(23)25)13-20-15-8-11-24(12-9-15)19-21-16-6-2-3-7-17(16)22-19;3-2(4,5)1(6)7/h2-7,10,15,20H,8-9,11-13H2,1H3,(H,21,22);(H,6,7). The molecule has 4 rings (SSSR count). The lowest BCUT2D eigenvalue weighted by Gasteiger charge is -2.32. The third-order valence-electron chi connectivity index (χ3n) is 5.20. The average Bonchev–Trinajstić information content (AvgIpc) is 3.19. The second-order valence-electron chi connectivity index (χ2n) is 7.47. The van der Waals surface area contributed by atoms with Crippen LogP contribution in [0.3, 0.4) is 0 Å². The molecule has 0 bridgehead atoms. The molecule has 8 nitrogen and oxygen atoms in total. The summed E-state index contributed by atoms with van der Waals surface area (Å²) in [5.41, 5.74) is 3.00. The molecule has 1 aromatic carbocycles. The van der Waals surface area contributed by atoms with E-state index in [-0.39, 0.29) is 5.56 Å². The second-order valence-corrected chi connectivity index (χ2v) is 7.47. The monoisotopic (exact) mass is 451 g/mol. The molecule has 1 aliphatic rings. The number of hydrogen-bond donors (Lipinski definition) is 3. The van der Waals surface area contributed by atoms with Crippen LogP contribution in [0.5, 0.6) is 0 Å². The van der Waals surface area contributed by atoms with Crippen molar-refractivity contribution in [3.63, 3.8) is 0 Å². The number of halogens is 3. The van der Waals surface area contributed by atoms with Crippen molar-refractivity contribution in [1.82, 2.24) is 19.9 Å². The minimum atomic E-state index is -5.08. The Hall–Kier alpha value is -3.34. The number of benzene rings is 1. The number of anilines is 1. The number of hydrogen-bond acceptors (Lipinski definition) is 5. The van der Waals surface area contributed by atoms with E-state index in [0.29, 0.717) is 12.6 Å². The number of H-pyrrole nitrogens is 1. The van der Waals surface area contributed by atoms with Crippen LogP contribution < -0.4 is 15.8 Å².